The van der Waals surface area contributed by atoms with E-state index < -0.39 is 10.0 Å². The lowest BCUT2D eigenvalue weighted by Crippen LogP contribution is -2.35. The highest BCUT2D eigenvalue weighted by Crippen LogP contribution is 2.29. The van der Waals surface area contributed by atoms with E-state index in [0.29, 0.717) is 29.4 Å². The zero-order valence-corrected chi connectivity index (χ0v) is 15.4. The number of ether oxygens (including phenoxy) is 2. The Morgan fingerprint density at radius 1 is 1.08 bits per heavy atom. The van der Waals surface area contributed by atoms with Gasteiger partial charge in [0, 0.05) is 43.2 Å². The van der Waals surface area contributed by atoms with Crippen LogP contribution in [-0.4, -0.2) is 40.6 Å². The van der Waals surface area contributed by atoms with Crippen LogP contribution in [0, 0.1) is 0 Å². The summed E-state index contributed by atoms with van der Waals surface area (Å²) in [7, 11) is 0.727. The highest BCUT2D eigenvalue weighted by molar-refractivity contribution is 7.92. The van der Waals surface area contributed by atoms with E-state index in [0.717, 1.165) is 5.56 Å². The lowest BCUT2D eigenvalue weighted by molar-refractivity contribution is 0.218. The van der Waals surface area contributed by atoms with Gasteiger partial charge in [0.1, 0.15) is 11.5 Å². The number of methoxy groups -OCH3 is 2. The fourth-order valence-electron chi connectivity index (χ4n) is 2.60. The third-order valence-corrected chi connectivity index (χ3v) is 5.35. The summed E-state index contributed by atoms with van der Waals surface area (Å²) in [6.45, 7) is 0.393. The van der Waals surface area contributed by atoms with E-state index in [-0.39, 0.29) is 10.9 Å². The molecule has 138 valence electrons. The number of hydrogen-bond donors (Lipinski definition) is 2. The van der Waals surface area contributed by atoms with Crippen LogP contribution >= 0.6 is 0 Å². The van der Waals surface area contributed by atoms with Crippen LogP contribution in [-0.2, 0) is 16.6 Å². The zero-order valence-electron chi connectivity index (χ0n) is 14.6. The molecule has 2 amide bonds. The van der Waals surface area contributed by atoms with Crippen LogP contribution in [0.4, 0.5) is 16.2 Å². The van der Waals surface area contributed by atoms with Gasteiger partial charge < -0.3 is 19.7 Å². The van der Waals surface area contributed by atoms with Crippen LogP contribution in [0.1, 0.15) is 5.56 Å². The van der Waals surface area contributed by atoms with Gasteiger partial charge in [-0.2, -0.15) is 0 Å². The summed E-state index contributed by atoms with van der Waals surface area (Å²) in [5.74, 6) is 0.749. The van der Waals surface area contributed by atoms with Crippen LogP contribution in [0.15, 0.2) is 41.3 Å². The minimum absolute atomic E-state index is 0.0249. The van der Waals surface area contributed by atoms with Crippen molar-refractivity contribution in [2.24, 2.45) is 0 Å². The van der Waals surface area contributed by atoms with Crippen LogP contribution < -0.4 is 19.5 Å². The number of fused-ring (bicyclic) bond motifs is 1. The normalized spacial score (nSPS) is 13.7. The molecule has 2 N–H and O–H groups in total. The van der Waals surface area contributed by atoms with Gasteiger partial charge in [0.05, 0.1) is 19.1 Å². The maximum absolute atomic E-state index is 12.7. The Labute approximate surface area is 151 Å². The number of anilines is 2. The van der Waals surface area contributed by atoms with Gasteiger partial charge in [0.15, 0.2) is 0 Å². The predicted octanol–water partition coefficient (Wildman–Crippen LogP) is 2.48. The van der Waals surface area contributed by atoms with E-state index in [2.05, 4.69) is 10.0 Å². The molecule has 0 atom stereocenters. The summed E-state index contributed by atoms with van der Waals surface area (Å²) in [6, 6.07) is 9.18. The first-order valence-electron chi connectivity index (χ1n) is 7.73. The molecule has 0 bridgehead atoms. The van der Waals surface area contributed by atoms with Gasteiger partial charge in [0.25, 0.3) is 10.0 Å². The van der Waals surface area contributed by atoms with Crippen molar-refractivity contribution in [1.82, 2.24) is 4.90 Å². The Bertz CT molecular complexity index is 937. The van der Waals surface area contributed by atoms with Crippen LogP contribution in [0.3, 0.4) is 0 Å². The Balaban J connectivity index is 1.91. The van der Waals surface area contributed by atoms with Gasteiger partial charge in [-0.15, -0.1) is 0 Å². The highest BCUT2D eigenvalue weighted by Gasteiger charge is 2.21. The minimum Gasteiger partial charge on any atom is -0.497 e. The summed E-state index contributed by atoms with van der Waals surface area (Å²) in [4.78, 5) is 13.2. The number of benzene rings is 2. The number of rotatable bonds is 5. The second kappa shape index (κ2) is 6.75. The van der Waals surface area contributed by atoms with Gasteiger partial charge in [0.2, 0.25) is 0 Å². The molecule has 0 unspecified atom stereocenters. The second-order valence-corrected chi connectivity index (χ2v) is 7.49. The zero-order chi connectivity index (χ0) is 18.9. The van der Waals surface area contributed by atoms with E-state index in [9.17, 15) is 13.2 Å². The molecule has 26 heavy (non-hydrogen) atoms. The third-order valence-electron chi connectivity index (χ3n) is 3.99. The van der Waals surface area contributed by atoms with Gasteiger partial charge in [-0.25, -0.2) is 13.2 Å². The first-order valence-corrected chi connectivity index (χ1v) is 9.21. The summed E-state index contributed by atoms with van der Waals surface area (Å²) >= 11 is 0. The predicted molar refractivity (Wildman–Crippen MR) is 97.3 cm³/mol. The van der Waals surface area contributed by atoms with Crippen molar-refractivity contribution in [2.75, 3.05) is 31.3 Å². The van der Waals surface area contributed by atoms with Crippen molar-refractivity contribution < 1.29 is 22.7 Å². The number of carbonyl (C=O) groups excluding carboxylic acids is 1. The molecule has 0 fully saturated rings. The molecule has 2 aromatic rings. The summed E-state index contributed by atoms with van der Waals surface area (Å²) in [5, 5.41) is 2.74. The molecule has 8 nitrogen and oxygen atoms in total. The van der Waals surface area contributed by atoms with Gasteiger partial charge >= 0.3 is 6.03 Å². The van der Waals surface area contributed by atoms with E-state index in [1.165, 1.54) is 31.3 Å². The monoisotopic (exact) mass is 377 g/mol. The first-order chi connectivity index (χ1) is 12.3. The maximum Gasteiger partial charge on any atom is 0.321 e. The average Bonchev–Trinajstić information content (AvgIpc) is 2.62. The molecule has 0 aromatic heterocycles. The van der Waals surface area contributed by atoms with Crippen molar-refractivity contribution in [1.29, 1.82) is 0 Å². The quantitative estimate of drug-likeness (QED) is 0.834. The average molecular weight is 377 g/mol. The summed E-state index contributed by atoms with van der Waals surface area (Å²) < 4.78 is 38.2. The largest absolute Gasteiger partial charge is 0.497 e. The standard InChI is InChI=1S/C17H19N3O5S/c1-20-10-11-6-12(4-5-16(11)18-17(20)21)19-26(22,23)15-8-13(24-2)7-14(9-15)25-3/h4-9,19H,10H2,1-3H3,(H,18,21). The topological polar surface area (TPSA) is 97.0 Å². The Hall–Kier alpha value is -2.94. The number of hydrogen-bond acceptors (Lipinski definition) is 5. The number of urea groups is 1. The lowest BCUT2D eigenvalue weighted by Gasteiger charge is -2.26. The van der Waals surface area contributed by atoms with Gasteiger partial charge in [-0.3, -0.25) is 4.72 Å². The van der Waals surface area contributed by atoms with Crippen LogP contribution in [0.2, 0.25) is 0 Å². The molecule has 3 rings (SSSR count). The number of amides is 2. The molecular formula is C17H19N3O5S. The molecule has 1 aliphatic heterocycles. The maximum atomic E-state index is 12.7. The van der Waals surface area contributed by atoms with Crippen molar-refractivity contribution in [2.45, 2.75) is 11.4 Å². The lowest BCUT2D eigenvalue weighted by atomic mass is 10.1. The first kappa shape index (κ1) is 17.9. The molecule has 0 spiro atoms. The Morgan fingerprint density at radius 2 is 1.73 bits per heavy atom. The molecule has 2 aromatic carbocycles. The molecular weight excluding hydrogens is 358 g/mol. The molecule has 0 aliphatic carbocycles. The summed E-state index contributed by atoms with van der Waals surface area (Å²) in [6.07, 6.45) is 0. The van der Waals surface area contributed by atoms with Crippen molar-refractivity contribution in [3.05, 3.63) is 42.0 Å². The third kappa shape index (κ3) is 3.52. The van der Waals surface area contributed by atoms with Crippen molar-refractivity contribution in [3.8, 4) is 11.5 Å². The molecule has 0 saturated carbocycles. The highest BCUT2D eigenvalue weighted by atomic mass is 32.2. The Kier molecular flexibility index (Phi) is 4.64. The van der Waals surface area contributed by atoms with Gasteiger partial charge in [-0.05, 0) is 23.8 Å². The number of nitrogens with zero attached hydrogens (tertiary/aromatic N) is 1. The summed E-state index contributed by atoms with van der Waals surface area (Å²) in [5.41, 5.74) is 1.88. The van der Waals surface area contributed by atoms with Crippen molar-refractivity contribution >= 4 is 27.4 Å². The molecule has 0 saturated heterocycles. The Morgan fingerprint density at radius 3 is 2.35 bits per heavy atom. The SMILES string of the molecule is COc1cc(OC)cc(S(=O)(=O)Nc2ccc3c(c2)CN(C)C(=O)N3)c1. The van der Waals surface area contributed by atoms with E-state index in [4.69, 9.17) is 9.47 Å². The fourth-order valence-corrected chi connectivity index (χ4v) is 3.70. The van der Waals surface area contributed by atoms with E-state index in [1.807, 2.05) is 0 Å². The number of carbonyl (C=O) groups is 1. The van der Waals surface area contributed by atoms with Crippen LogP contribution in [0.5, 0.6) is 11.5 Å². The molecule has 1 aliphatic rings. The number of nitrogens with one attached hydrogen (secondary N) is 2. The smallest absolute Gasteiger partial charge is 0.321 e. The minimum atomic E-state index is -3.84. The fraction of sp³-hybridized carbons (Fsp3) is 0.235. The molecule has 1 heterocycles. The molecule has 9 heteroatoms. The van der Waals surface area contributed by atoms with E-state index >= 15 is 0 Å². The van der Waals surface area contributed by atoms with Crippen molar-refractivity contribution in [3.63, 3.8) is 0 Å². The second-order valence-electron chi connectivity index (χ2n) is 5.81. The molecule has 0 radical (unpaired) electrons. The van der Waals surface area contributed by atoms with E-state index in [1.54, 1.807) is 31.3 Å². The number of sulfonamides is 1. The van der Waals surface area contributed by atoms with Gasteiger partial charge in [-0.1, -0.05) is 0 Å². The van der Waals surface area contributed by atoms with Crippen LogP contribution in [0.25, 0.3) is 0 Å².